The number of ether oxygens (including phenoxy) is 3. The number of methoxy groups -OCH3 is 3. The summed E-state index contributed by atoms with van der Waals surface area (Å²) in [5.74, 6) is 1.95. The molecular formula is C29H28FN5O4S. The molecule has 5 rings (SSSR count). The van der Waals surface area contributed by atoms with Crippen molar-refractivity contribution in [3.05, 3.63) is 94.9 Å². The van der Waals surface area contributed by atoms with Crippen LogP contribution >= 0.6 is 11.8 Å². The number of para-hydroxylation sites is 2. The molecule has 1 aromatic heterocycles. The van der Waals surface area contributed by atoms with Crippen molar-refractivity contribution in [2.24, 2.45) is 0 Å². The van der Waals surface area contributed by atoms with Crippen LogP contribution in [0.3, 0.4) is 0 Å². The Labute approximate surface area is 235 Å². The Morgan fingerprint density at radius 3 is 2.52 bits per heavy atom. The van der Waals surface area contributed by atoms with Crippen molar-refractivity contribution in [2.75, 3.05) is 32.0 Å². The largest absolute Gasteiger partial charge is 0.495 e. The van der Waals surface area contributed by atoms with Crippen LogP contribution in [0.2, 0.25) is 0 Å². The molecule has 0 spiro atoms. The van der Waals surface area contributed by atoms with Crippen LogP contribution in [0.25, 0.3) is 0 Å². The normalized spacial score (nSPS) is 14.3. The second-order valence-electron chi connectivity index (χ2n) is 8.92. The lowest BCUT2D eigenvalue weighted by atomic mass is 9.94. The standard InChI is InChI=1S/C29H28FN5O4S/c1-17-25(27(36)32-21-10-5-6-11-22(21)37-2)26(19-12-13-23(38-3)24(15-19)39-4)35-28(31-17)33-29(34-35)40-16-18-8-7-9-20(30)14-18/h5-15,26H,16H2,1-4H3,(H,32,36)(H,31,33,34). The molecule has 2 N–H and O–H groups in total. The summed E-state index contributed by atoms with van der Waals surface area (Å²) in [5, 5.41) is 11.4. The lowest BCUT2D eigenvalue weighted by Crippen LogP contribution is -2.31. The van der Waals surface area contributed by atoms with Crippen LogP contribution in [0, 0.1) is 5.82 Å². The average Bonchev–Trinajstić information content (AvgIpc) is 3.37. The number of allylic oxidation sites excluding steroid dienone is 1. The van der Waals surface area contributed by atoms with Gasteiger partial charge < -0.3 is 24.8 Å². The van der Waals surface area contributed by atoms with Crippen LogP contribution < -0.4 is 24.8 Å². The number of halogens is 1. The van der Waals surface area contributed by atoms with E-state index in [1.807, 2.05) is 37.3 Å². The summed E-state index contributed by atoms with van der Waals surface area (Å²) >= 11 is 1.38. The summed E-state index contributed by atoms with van der Waals surface area (Å²) in [6.07, 6.45) is 0. The van der Waals surface area contributed by atoms with Crippen molar-refractivity contribution in [2.45, 2.75) is 23.9 Å². The number of amides is 1. The third-order valence-corrected chi connectivity index (χ3v) is 7.32. The molecule has 0 radical (unpaired) electrons. The maximum Gasteiger partial charge on any atom is 0.255 e. The molecule has 0 saturated carbocycles. The maximum atomic E-state index is 13.8. The third kappa shape index (κ3) is 5.46. The second kappa shape index (κ2) is 11.7. The number of nitrogens with zero attached hydrogens (tertiary/aromatic N) is 3. The number of benzene rings is 3. The first-order valence-corrected chi connectivity index (χ1v) is 13.4. The molecule has 1 aliphatic heterocycles. The summed E-state index contributed by atoms with van der Waals surface area (Å²) in [6.45, 7) is 1.82. The monoisotopic (exact) mass is 561 g/mol. The number of carbonyl (C=O) groups excluding carboxylic acids is 1. The van der Waals surface area contributed by atoms with Crippen LogP contribution in [0.5, 0.6) is 17.2 Å². The molecule has 40 heavy (non-hydrogen) atoms. The van der Waals surface area contributed by atoms with Gasteiger partial charge in [-0.15, -0.1) is 5.10 Å². The molecule has 0 saturated heterocycles. The number of hydrogen-bond donors (Lipinski definition) is 2. The molecule has 9 nitrogen and oxygen atoms in total. The summed E-state index contributed by atoms with van der Waals surface area (Å²) in [4.78, 5) is 18.5. The predicted octanol–water partition coefficient (Wildman–Crippen LogP) is 5.66. The first-order chi connectivity index (χ1) is 19.4. The molecule has 0 aliphatic carbocycles. The highest BCUT2D eigenvalue weighted by Gasteiger charge is 2.35. The van der Waals surface area contributed by atoms with Gasteiger partial charge in [-0.25, -0.2) is 9.07 Å². The van der Waals surface area contributed by atoms with Crippen molar-refractivity contribution >= 4 is 29.3 Å². The van der Waals surface area contributed by atoms with Gasteiger partial charge in [0, 0.05) is 11.4 Å². The molecule has 1 amide bonds. The SMILES string of the molecule is COc1ccccc1NC(=O)C1=C(C)Nc2nc(SCc3cccc(F)c3)nn2C1c1ccc(OC)c(OC)c1. The smallest absolute Gasteiger partial charge is 0.255 e. The number of rotatable bonds is 9. The Bertz CT molecular complexity index is 1590. The highest BCUT2D eigenvalue weighted by Crippen LogP contribution is 2.40. The molecule has 2 heterocycles. The number of thioether (sulfide) groups is 1. The fraction of sp³-hybridized carbons (Fsp3) is 0.207. The van der Waals surface area contributed by atoms with Crippen LogP contribution in [0.15, 0.2) is 83.2 Å². The zero-order valence-corrected chi connectivity index (χ0v) is 23.2. The number of fused-ring (bicyclic) bond motifs is 1. The van der Waals surface area contributed by atoms with Gasteiger partial charge in [0.15, 0.2) is 11.5 Å². The summed E-state index contributed by atoms with van der Waals surface area (Å²) in [5.41, 5.74) is 3.16. The number of carbonyl (C=O) groups is 1. The third-order valence-electron chi connectivity index (χ3n) is 6.41. The molecule has 1 unspecified atom stereocenters. The van der Waals surface area contributed by atoms with Crippen molar-refractivity contribution < 1.29 is 23.4 Å². The van der Waals surface area contributed by atoms with Crippen LogP contribution in [-0.2, 0) is 10.5 Å². The van der Waals surface area contributed by atoms with Gasteiger partial charge in [0.25, 0.3) is 5.91 Å². The Balaban J connectivity index is 1.54. The van der Waals surface area contributed by atoms with Crippen LogP contribution in [0.4, 0.5) is 16.0 Å². The molecule has 1 aliphatic rings. The van der Waals surface area contributed by atoms with Gasteiger partial charge >= 0.3 is 0 Å². The van der Waals surface area contributed by atoms with Gasteiger partial charge in [-0.3, -0.25) is 4.79 Å². The quantitative estimate of drug-likeness (QED) is 0.253. The Hall–Kier alpha value is -4.51. The van der Waals surface area contributed by atoms with Gasteiger partial charge in [-0.1, -0.05) is 42.1 Å². The first kappa shape index (κ1) is 27.1. The van der Waals surface area contributed by atoms with E-state index in [1.54, 1.807) is 50.3 Å². The van der Waals surface area contributed by atoms with Gasteiger partial charge in [-0.05, 0) is 54.4 Å². The molecule has 0 bridgehead atoms. The van der Waals surface area contributed by atoms with Crippen molar-refractivity contribution in [3.8, 4) is 17.2 Å². The lowest BCUT2D eigenvalue weighted by Gasteiger charge is -2.29. The van der Waals surface area contributed by atoms with Crippen molar-refractivity contribution in [1.29, 1.82) is 0 Å². The minimum atomic E-state index is -0.637. The fourth-order valence-electron chi connectivity index (χ4n) is 4.53. The zero-order chi connectivity index (χ0) is 28.2. The first-order valence-electron chi connectivity index (χ1n) is 12.4. The van der Waals surface area contributed by atoms with E-state index < -0.39 is 6.04 Å². The van der Waals surface area contributed by atoms with Crippen LogP contribution in [-0.4, -0.2) is 42.0 Å². The number of anilines is 2. The highest BCUT2D eigenvalue weighted by molar-refractivity contribution is 7.98. The Morgan fingerprint density at radius 1 is 1.00 bits per heavy atom. The fourth-order valence-corrected chi connectivity index (χ4v) is 5.30. The van der Waals surface area contributed by atoms with E-state index in [9.17, 15) is 9.18 Å². The molecule has 206 valence electrons. The Kier molecular flexibility index (Phi) is 7.92. The van der Waals surface area contributed by atoms with E-state index in [1.165, 1.54) is 23.9 Å². The van der Waals surface area contributed by atoms with Gasteiger partial charge in [0.2, 0.25) is 11.1 Å². The summed E-state index contributed by atoms with van der Waals surface area (Å²) < 4.78 is 31.8. The molecule has 11 heteroatoms. The zero-order valence-electron chi connectivity index (χ0n) is 22.4. The van der Waals surface area contributed by atoms with E-state index in [2.05, 4.69) is 15.6 Å². The number of nitrogens with one attached hydrogen (secondary N) is 2. The van der Waals surface area contributed by atoms with Gasteiger partial charge in [0.1, 0.15) is 17.6 Å². The molecular weight excluding hydrogens is 533 g/mol. The highest BCUT2D eigenvalue weighted by atomic mass is 32.2. The van der Waals surface area contributed by atoms with E-state index in [0.717, 1.165) is 11.1 Å². The van der Waals surface area contributed by atoms with E-state index in [-0.39, 0.29) is 11.7 Å². The van der Waals surface area contributed by atoms with Crippen LogP contribution in [0.1, 0.15) is 24.1 Å². The van der Waals surface area contributed by atoms with E-state index in [0.29, 0.717) is 51.1 Å². The van der Waals surface area contributed by atoms with Gasteiger partial charge in [-0.2, -0.15) is 4.98 Å². The lowest BCUT2D eigenvalue weighted by molar-refractivity contribution is -0.113. The Morgan fingerprint density at radius 2 is 1.77 bits per heavy atom. The minimum Gasteiger partial charge on any atom is -0.495 e. The molecule has 4 aromatic rings. The molecule has 0 fully saturated rings. The van der Waals surface area contributed by atoms with Crippen molar-refractivity contribution in [1.82, 2.24) is 14.8 Å². The van der Waals surface area contributed by atoms with Crippen molar-refractivity contribution in [3.63, 3.8) is 0 Å². The van der Waals surface area contributed by atoms with Gasteiger partial charge in [0.05, 0.1) is 32.6 Å². The average molecular weight is 562 g/mol. The predicted molar refractivity (Wildman–Crippen MR) is 152 cm³/mol. The molecule has 1 atom stereocenters. The second-order valence-corrected chi connectivity index (χ2v) is 9.86. The summed E-state index contributed by atoms with van der Waals surface area (Å²) in [7, 11) is 4.67. The maximum absolute atomic E-state index is 13.8. The number of hydrogen-bond acceptors (Lipinski definition) is 8. The van der Waals surface area contributed by atoms with E-state index >= 15 is 0 Å². The molecule has 3 aromatic carbocycles. The topological polar surface area (TPSA) is 99.5 Å². The number of aromatic nitrogens is 3. The van der Waals surface area contributed by atoms with E-state index in [4.69, 9.17) is 19.3 Å². The summed E-state index contributed by atoms with van der Waals surface area (Å²) in [6, 6.07) is 18.5. The minimum absolute atomic E-state index is 0.295.